The van der Waals surface area contributed by atoms with Crippen LogP contribution in [0, 0.1) is 6.92 Å². The van der Waals surface area contributed by atoms with E-state index >= 15 is 0 Å². The molecule has 4 heteroatoms. The number of ether oxygens (including phenoxy) is 1. The Hall–Kier alpha value is -2.29. The number of allylic oxidation sites excluding steroid dienone is 1. The van der Waals surface area contributed by atoms with Gasteiger partial charge in [0.1, 0.15) is 0 Å². The van der Waals surface area contributed by atoms with Crippen LogP contribution in [0.2, 0.25) is 0 Å². The SMILES string of the molecule is CC1=Cc2nc(C)cc3cc(O[Se]c4ccccc4)cc(c23)O1. The van der Waals surface area contributed by atoms with Gasteiger partial charge in [-0.2, -0.15) is 0 Å². The van der Waals surface area contributed by atoms with Crippen molar-refractivity contribution in [1.29, 1.82) is 0 Å². The molecule has 2 aromatic carbocycles. The summed E-state index contributed by atoms with van der Waals surface area (Å²) in [5.41, 5.74) is 1.97. The number of benzene rings is 2. The van der Waals surface area contributed by atoms with Gasteiger partial charge in [-0.05, 0) is 0 Å². The summed E-state index contributed by atoms with van der Waals surface area (Å²) in [7, 11) is 0. The van der Waals surface area contributed by atoms with Crippen LogP contribution in [0.5, 0.6) is 11.5 Å². The topological polar surface area (TPSA) is 31.4 Å². The molecule has 0 N–H and O–H groups in total. The summed E-state index contributed by atoms with van der Waals surface area (Å²) in [6, 6.07) is 16.3. The van der Waals surface area contributed by atoms with Gasteiger partial charge in [-0.25, -0.2) is 0 Å². The van der Waals surface area contributed by atoms with E-state index in [0.717, 1.165) is 39.4 Å². The number of aryl methyl sites for hydroxylation is 1. The molecule has 4 rings (SSSR count). The Kier molecular flexibility index (Phi) is 3.56. The number of nitrogens with zero attached hydrogens (tertiary/aromatic N) is 1. The normalized spacial score (nSPS) is 12.7. The molecule has 3 aromatic rings. The van der Waals surface area contributed by atoms with Crippen LogP contribution in [0.1, 0.15) is 18.3 Å². The fourth-order valence-electron chi connectivity index (χ4n) is 2.70. The van der Waals surface area contributed by atoms with Gasteiger partial charge in [0.15, 0.2) is 0 Å². The van der Waals surface area contributed by atoms with Gasteiger partial charge in [0.25, 0.3) is 0 Å². The van der Waals surface area contributed by atoms with Crippen molar-refractivity contribution in [2.45, 2.75) is 13.8 Å². The Morgan fingerprint density at radius 1 is 1.04 bits per heavy atom. The maximum atomic E-state index is 6.02. The molecule has 0 atom stereocenters. The monoisotopic (exact) mass is 369 g/mol. The molecule has 0 saturated heterocycles. The molecule has 0 amide bonds. The number of aromatic nitrogens is 1. The van der Waals surface area contributed by atoms with Crippen molar-refractivity contribution in [2.75, 3.05) is 0 Å². The molecule has 1 aliphatic heterocycles. The van der Waals surface area contributed by atoms with Crippen LogP contribution in [0.4, 0.5) is 0 Å². The van der Waals surface area contributed by atoms with Crippen molar-refractivity contribution in [1.82, 2.24) is 4.98 Å². The molecule has 1 aromatic heterocycles. The molecule has 0 bridgehead atoms. The van der Waals surface area contributed by atoms with E-state index in [1.165, 1.54) is 4.46 Å². The Bertz CT molecular complexity index is 920. The maximum absolute atomic E-state index is 6.02. The summed E-state index contributed by atoms with van der Waals surface area (Å²) in [5.74, 6) is 2.51. The van der Waals surface area contributed by atoms with Crippen molar-refractivity contribution >= 4 is 36.6 Å². The van der Waals surface area contributed by atoms with Crippen LogP contribution in [0.3, 0.4) is 0 Å². The van der Waals surface area contributed by atoms with Crippen LogP contribution in [0.25, 0.3) is 16.8 Å². The van der Waals surface area contributed by atoms with Crippen LogP contribution >= 0.6 is 0 Å². The minimum absolute atomic E-state index is 0.0634. The zero-order valence-corrected chi connectivity index (χ0v) is 14.6. The third kappa shape index (κ3) is 2.83. The standard InChI is InChI=1S/C19H15NO2Se/c1-12-8-14-10-15(22-23-16-6-4-3-5-7-16)11-18-19(14)17(20-12)9-13(2)21-18/h3-11H,1-2H3. The van der Waals surface area contributed by atoms with E-state index in [9.17, 15) is 0 Å². The second kappa shape index (κ2) is 5.73. The predicted octanol–water partition coefficient (Wildman–Crippen LogP) is 3.62. The first kappa shape index (κ1) is 14.3. The summed E-state index contributed by atoms with van der Waals surface area (Å²) in [6.45, 7) is 3.95. The molecule has 0 aliphatic carbocycles. The van der Waals surface area contributed by atoms with Crippen LogP contribution in [-0.4, -0.2) is 20.3 Å². The van der Waals surface area contributed by atoms with E-state index in [4.69, 9.17) is 8.56 Å². The van der Waals surface area contributed by atoms with Crippen molar-refractivity contribution in [3.05, 3.63) is 65.7 Å². The van der Waals surface area contributed by atoms with E-state index < -0.39 is 0 Å². The van der Waals surface area contributed by atoms with E-state index in [1.54, 1.807) is 0 Å². The molecule has 3 nitrogen and oxygen atoms in total. The fraction of sp³-hybridized carbons (Fsp3) is 0.105. The van der Waals surface area contributed by atoms with Gasteiger partial charge in [0, 0.05) is 0 Å². The van der Waals surface area contributed by atoms with Gasteiger partial charge in [-0.15, -0.1) is 0 Å². The molecular weight excluding hydrogens is 353 g/mol. The van der Waals surface area contributed by atoms with Gasteiger partial charge < -0.3 is 0 Å². The number of rotatable bonds is 3. The third-order valence-corrected chi connectivity index (χ3v) is 5.17. The summed E-state index contributed by atoms with van der Waals surface area (Å²) < 4.78 is 13.1. The van der Waals surface area contributed by atoms with Crippen LogP contribution in [0.15, 0.2) is 54.3 Å². The molecule has 0 saturated carbocycles. The van der Waals surface area contributed by atoms with Gasteiger partial charge in [0.2, 0.25) is 0 Å². The zero-order valence-electron chi connectivity index (χ0n) is 12.9. The molecule has 0 spiro atoms. The van der Waals surface area contributed by atoms with Gasteiger partial charge in [-0.3, -0.25) is 0 Å². The van der Waals surface area contributed by atoms with Crippen LogP contribution in [-0.2, 0) is 0 Å². The molecule has 1 aliphatic rings. The second-order valence-corrected chi connectivity index (χ2v) is 7.19. The molecule has 0 unspecified atom stereocenters. The summed E-state index contributed by atoms with van der Waals surface area (Å²) in [6.07, 6.45) is 1.98. The Labute approximate surface area is 141 Å². The average Bonchev–Trinajstić information content (AvgIpc) is 2.53. The Morgan fingerprint density at radius 2 is 1.87 bits per heavy atom. The molecule has 0 radical (unpaired) electrons. The number of pyridine rings is 1. The number of hydrogen-bond acceptors (Lipinski definition) is 3. The molecule has 2 heterocycles. The molecular formula is C19H15NO2Se. The predicted molar refractivity (Wildman–Crippen MR) is 93.2 cm³/mol. The zero-order chi connectivity index (χ0) is 15.8. The van der Waals surface area contributed by atoms with Crippen LogP contribution < -0.4 is 13.0 Å². The quantitative estimate of drug-likeness (QED) is 0.662. The van der Waals surface area contributed by atoms with Crippen molar-refractivity contribution < 1.29 is 8.56 Å². The van der Waals surface area contributed by atoms with Crippen molar-refractivity contribution in [2.24, 2.45) is 0 Å². The third-order valence-electron chi connectivity index (χ3n) is 3.61. The fourth-order valence-corrected chi connectivity index (χ4v) is 3.87. The average molecular weight is 368 g/mol. The Balaban J connectivity index is 1.74. The number of hydrogen-bond donors (Lipinski definition) is 0. The van der Waals surface area contributed by atoms with E-state index in [1.807, 2.05) is 44.2 Å². The summed E-state index contributed by atoms with van der Waals surface area (Å²) in [4.78, 5) is 4.61. The molecule has 0 fully saturated rings. The van der Waals surface area contributed by atoms with Gasteiger partial charge in [0.05, 0.1) is 0 Å². The first-order chi connectivity index (χ1) is 11.2. The molecule has 23 heavy (non-hydrogen) atoms. The van der Waals surface area contributed by atoms with Gasteiger partial charge in [-0.1, -0.05) is 0 Å². The van der Waals surface area contributed by atoms with E-state index in [-0.39, 0.29) is 15.3 Å². The Morgan fingerprint density at radius 3 is 2.70 bits per heavy atom. The first-order valence-electron chi connectivity index (χ1n) is 7.40. The summed E-state index contributed by atoms with van der Waals surface area (Å²) >= 11 is -0.0634. The minimum atomic E-state index is -0.0634. The second-order valence-electron chi connectivity index (χ2n) is 5.51. The summed E-state index contributed by atoms with van der Waals surface area (Å²) in [5, 5.41) is 2.16. The van der Waals surface area contributed by atoms with E-state index in [0.29, 0.717) is 0 Å². The van der Waals surface area contributed by atoms with Crippen molar-refractivity contribution in [3.8, 4) is 11.5 Å². The van der Waals surface area contributed by atoms with E-state index in [2.05, 4.69) is 29.2 Å². The van der Waals surface area contributed by atoms with Crippen molar-refractivity contribution in [3.63, 3.8) is 0 Å². The molecule has 114 valence electrons. The first-order valence-corrected chi connectivity index (χ1v) is 8.96. The van der Waals surface area contributed by atoms with Gasteiger partial charge >= 0.3 is 141 Å².